The number of benzene rings is 1. The Kier molecular flexibility index (Phi) is 7.47. The van der Waals surface area contributed by atoms with Crippen LogP contribution in [0, 0.1) is 12.7 Å². The maximum atomic E-state index is 14.7. The van der Waals surface area contributed by atoms with Crippen LogP contribution in [0.25, 0.3) is 11.3 Å². The summed E-state index contributed by atoms with van der Waals surface area (Å²) in [4.78, 5) is 61.4. The van der Waals surface area contributed by atoms with Gasteiger partial charge < -0.3 is 9.84 Å². The van der Waals surface area contributed by atoms with Gasteiger partial charge in [-0.15, -0.1) is 0 Å². The van der Waals surface area contributed by atoms with Gasteiger partial charge in [-0.3, -0.25) is 24.6 Å². The number of carbonyl (C=O) groups excluding carboxylic acids is 2. The molecule has 1 N–H and O–H groups in total. The normalized spacial score (nSPS) is 16.5. The van der Waals surface area contributed by atoms with Crippen LogP contribution in [0.2, 0.25) is 0 Å². The summed E-state index contributed by atoms with van der Waals surface area (Å²) in [7, 11) is 1.45. The van der Waals surface area contributed by atoms with Gasteiger partial charge in [0.05, 0.1) is 35.9 Å². The van der Waals surface area contributed by atoms with Crippen LogP contribution >= 0.6 is 0 Å². The molecule has 2 aliphatic heterocycles. The number of hydrogen-bond acceptors (Lipinski definition) is 9. The molecule has 1 spiro atoms. The van der Waals surface area contributed by atoms with Crippen molar-refractivity contribution in [1.82, 2.24) is 24.8 Å². The van der Waals surface area contributed by atoms with Gasteiger partial charge in [0.25, 0.3) is 5.91 Å². The first-order valence-electron chi connectivity index (χ1n) is 13.9. The van der Waals surface area contributed by atoms with E-state index in [4.69, 9.17) is 9.84 Å². The predicted octanol–water partition coefficient (Wildman–Crippen LogP) is 4.10. The second kappa shape index (κ2) is 11.4. The lowest BCUT2D eigenvalue weighted by molar-refractivity contribution is -0.123. The second-order valence-electron chi connectivity index (χ2n) is 10.7. The summed E-state index contributed by atoms with van der Waals surface area (Å²) in [6, 6.07) is 11.3. The molecule has 1 aromatic carbocycles. The maximum Gasteiger partial charge on any atom is 0.338 e. The minimum Gasteiger partial charge on any atom is -0.481 e. The lowest BCUT2D eigenvalue weighted by Gasteiger charge is -2.41. The zero-order valence-electron chi connectivity index (χ0n) is 24.0. The number of ether oxygens (including phenoxy) is 1. The molecule has 0 radical (unpaired) electrons. The first-order chi connectivity index (χ1) is 21.2. The van der Waals surface area contributed by atoms with E-state index in [0.29, 0.717) is 32.5 Å². The van der Waals surface area contributed by atoms with E-state index in [9.17, 15) is 18.8 Å². The number of amides is 3. The molecule has 224 valence electrons. The molecule has 4 aromatic rings. The molecule has 0 bridgehead atoms. The SMILES string of the molecule is COc1cc(N2C(=O)N(c3ccc(-c4ccc(C(=O)O)cc4F)nc3)C(=O)C23CCN(Cc2ncccc2C)CC3)ncn1. The summed E-state index contributed by atoms with van der Waals surface area (Å²) in [6.07, 6.45) is 5.06. The van der Waals surface area contributed by atoms with Gasteiger partial charge in [0.15, 0.2) is 0 Å². The number of carbonyl (C=O) groups is 3. The highest BCUT2D eigenvalue weighted by molar-refractivity contribution is 6.30. The number of carboxylic acids is 1. The number of aryl methyl sites for hydroxylation is 1. The number of aromatic nitrogens is 4. The molecule has 3 amide bonds. The number of imide groups is 1. The first kappa shape index (κ1) is 28.8. The van der Waals surface area contributed by atoms with Crippen molar-refractivity contribution in [3.63, 3.8) is 0 Å². The molecule has 44 heavy (non-hydrogen) atoms. The van der Waals surface area contributed by atoms with Crippen molar-refractivity contribution >= 4 is 29.4 Å². The van der Waals surface area contributed by atoms with Gasteiger partial charge >= 0.3 is 12.0 Å². The fraction of sp³-hybridized carbons (Fsp3) is 0.258. The third-order valence-corrected chi connectivity index (χ3v) is 8.15. The van der Waals surface area contributed by atoms with E-state index in [1.54, 1.807) is 6.20 Å². The molecule has 13 heteroatoms. The van der Waals surface area contributed by atoms with Crippen molar-refractivity contribution < 1.29 is 28.6 Å². The van der Waals surface area contributed by atoms with Crippen LogP contribution in [0.5, 0.6) is 5.88 Å². The molecule has 2 aliphatic rings. The highest BCUT2D eigenvalue weighted by atomic mass is 19.1. The van der Waals surface area contributed by atoms with Crippen molar-refractivity contribution in [2.75, 3.05) is 30.0 Å². The number of hydrogen-bond donors (Lipinski definition) is 1. The summed E-state index contributed by atoms with van der Waals surface area (Å²) in [5.74, 6) is -1.94. The average molecular weight is 598 g/mol. The van der Waals surface area contributed by atoms with E-state index >= 15 is 0 Å². The van der Waals surface area contributed by atoms with Gasteiger partial charge in [-0.1, -0.05) is 6.07 Å². The number of likely N-dealkylation sites (tertiary alicyclic amines) is 1. The van der Waals surface area contributed by atoms with Crippen LogP contribution in [-0.4, -0.2) is 73.6 Å². The van der Waals surface area contributed by atoms with Gasteiger partial charge in [0.2, 0.25) is 5.88 Å². The molecule has 5 heterocycles. The van der Waals surface area contributed by atoms with Gasteiger partial charge in [-0.2, -0.15) is 0 Å². The molecule has 0 unspecified atom stereocenters. The summed E-state index contributed by atoms with van der Waals surface area (Å²) >= 11 is 0. The largest absolute Gasteiger partial charge is 0.481 e. The summed E-state index contributed by atoms with van der Waals surface area (Å²) in [6.45, 7) is 3.69. The molecule has 0 atom stereocenters. The lowest BCUT2D eigenvalue weighted by Crippen LogP contribution is -2.57. The second-order valence-corrected chi connectivity index (χ2v) is 10.7. The Balaban J connectivity index is 1.32. The molecule has 6 rings (SSSR count). The smallest absolute Gasteiger partial charge is 0.338 e. The number of anilines is 2. The minimum absolute atomic E-state index is 0.0855. The topological polar surface area (TPSA) is 142 Å². The highest BCUT2D eigenvalue weighted by Gasteiger charge is 2.59. The van der Waals surface area contributed by atoms with Crippen LogP contribution in [0.3, 0.4) is 0 Å². The first-order valence-corrected chi connectivity index (χ1v) is 13.9. The van der Waals surface area contributed by atoms with E-state index in [-0.39, 0.29) is 34.2 Å². The summed E-state index contributed by atoms with van der Waals surface area (Å²) < 4.78 is 20.0. The fourth-order valence-corrected chi connectivity index (χ4v) is 5.73. The van der Waals surface area contributed by atoms with Crippen LogP contribution in [-0.2, 0) is 11.3 Å². The Morgan fingerprint density at radius 3 is 2.50 bits per heavy atom. The number of urea groups is 1. The Hall–Kier alpha value is -5.30. The third-order valence-electron chi connectivity index (χ3n) is 8.15. The van der Waals surface area contributed by atoms with Crippen molar-refractivity contribution in [2.45, 2.75) is 31.8 Å². The average Bonchev–Trinajstić information content (AvgIpc) is 3.24. The van der Waals surface area contributed by atoms with Crippen LogP contribution in [0.4, 0.5) is 20.7 Å². The number of rotatable bonds is 7. The van der Waals surface area contributed by atoms with Crippen molar-refractivity contribution in [3.05, 3.63) is 89.9 Å². The Labute approximate surface area is 251 Å². The maximum absolute atomic E-state index is 14.7. The number of aromatic carboxylic acids is 1. The van der Waals surface area contributed by atoms with E-state index in [1.165, 1.54) is 54.9 Å². The Morgan fingerprint density at radius 2 is 1.84 bits per heavy atom. The van der Waals surface area contributed by atoms with Gasteiger partial charge in [0, 0.05) is 37.5 Å². The number of carboxylic acid groups (broad SMARTS) is 1. The predicted molar refractivity (Wildman–Crippen MR) is 157 cm³/mol. The zero-order valence-corrected chi connectivity index (χ0v) is 24.0. The van der Waals surface area contributed by atoms with Crippen LogP contribution in [0.1, 0.15) is 34.5 Å². The standard InChI is InChI=1S/C31H28FN7O5/c1-19-4-3-11-33-25(19)17-37-12-9-31(10-13-37)29(42)38(30(43)39(31)26-15-27(44-2)36-18-35-26)21-6-8-24(34-16-21)22-7-5-20(28(40)41)14-23(22)32/h3-8,11,14-16,18H,9-10,12-13,17H2,1-2H3,(H,40,41). The molecular weight excluding hydrogens is 569 g/mol. The molecule has 2 saturated heterocycles. The van der Waals surface area contributed by atoms with Crippen molar-refractivity contribution in [1.29, 1.82) is 0 Å². The van der Waals surface area contributed by atoms with Crippen molar-refractivity contribution in [2.24, 2.45) is 0 Å². The number of halogens is 1. The minimum atomic E-state index is -1.25. The molecule has 12 nitrogen and oxygen atoms in total. The molecule has 0 aliphatic carbocycles. The lowest BCUT2D eigenvalue weighted by atomic mass is 9.85. The van der Waals surface area contributed by atoms with Crippen molar-refractivity contribution in [3.8, 4) is 17.1 Å². The molecule has 2 fully saturated rings. The fourth-order valence-electron chi connectivity index (χ4n) is 5.73. The van der Waals surface area contributed by atoms with Gasteiger partial charge in [-0.25, -0.2) is 28.8 Å². The van der Waals surface area contributed by atoms with Crippen LogP contribution in [0.15, 0.2) is 67.3 Å². The van der Waals surface area contributed by atoms with E-state index in [0.717, 1.165) is 22.2 Å². The zero-order chi connectivity index (χ0) is 31.0. The molecule has 3 aromatic heterocycles. The van der Waals surface area contributed by atoms with Gasteiger partial charge in [0.1, 0.15) is 23.5 Å². The van der Waals surface area contributed by atoms with E-state index < -0.39 is 29.3 Å². The quantitative estimate of drug-likeness (QED) is 0.310. The highest BCUT2D eigenvalue weighted by Crippen LogP contribution is 2.42. The molecular formula is C31H28FN7O5. The Bertz CT molecular complexity index is 1760. The third kappa shape index (κ3) is 5.00. The summed E-state index contributed by atoms with van der Waals surface area (Å²) in [5, 5.41) is 9.13. The number of pyridine rings is 2. The number of nitrogens with zero attached hydrogens (tertiary/aromatic N) is 7. The van der Waals surface area contributed by atoms with E-state index in [2.05, 4.69) is 24.8 Å². The number of methoxy groups -OCH3 is 1. The number of piperidine rings is 1. The van der Waals surface area contributed by atoms with Gasteiger partial charge in [-0.05, 0) is 61.7 Å². The Morgan fingerprint density at radius 1 is 1.05 bits per heavy atom. The summed E-state index contributed by atoms with van der Waals surface area (Å²) in [5.41, 5.74) is 1.13. The van der Waals surface area contributed by atoms with E-state index in [1.807, 2.05) is 19.1 Å². The monoisotopic (exact) mass is 597 g/mol. The van der Waals surface area contributed by atoms with Crippen LogP contribution < -0.4 is 14.5 Å². The molecule has 0 saturated carbocycles.